The molecule has 0 bridgehead atoms. The number of carboxylic acids is 1. The summed E-state index contributed by atoms with van der Waals surface area (Å²) in [6.07, 6.45) is 3.02. The third kappa shape index (κ3) is 2.75. The van der Waals surface area contributed by atoms with E-state index in [0.29, 0.717) is 6.54 Å². The van der Waals surface area contributed by atoms with Gasteiger partial charge in [0.25, 0.3) is 0 Å². The van der Waals surface area contributed by atoms with Crippen LogP contribution >= 0.6 is 0 Å². The van der Waals surface area contributed by atoms with E-state index >= 15 is 0 Å². The summed E-state index contributed by atoms with van der Waals surface area (Å²) < 4.78 is 0. The van der Waals surface area contributed by atoms with Crippen LogP contribution in [0, 0.1) is 0 Å². The molecule has 0 unspecified atom stereocenters. The SMILES string of the molecule is O=C(O)c1ccnnc1NCc1ccccn1. The third-order valence-corrected chi connectivity index (χ3v) is 2.11. The Hall–Kier alpha value is -2.50. The van der Waals surface area contributed by atoms with Crippen LogP contribution in [0.25, 0.3) is 0 Å². The van der Waals surface area contributed by atoms with Gasteiger partial charge in [-0.3, -0.25) is 4.98 Å². The lowest BCUT2D eigenvalue weighted by molar-refractivity contribution is 0.0697. The van der Waals surface area contributed by atoms with Gasteiger partial charge in [0.15, 0.2) is 5.82 Å². The van der Waals surface area contributed by atoms with E-state index in [1.54, 1.807) is 6.20 Å². The molecule has 6 nitrogen and oxygen atoms in total. The van der Waals surface area contributed by atoms with Crippen LogP contribution in [0.3, 0.4) is 0 Å². The standard InChI is InChI=1S/C11H10N4O2/c16-11(17)9-4-6-14-15-10(9)13-7-8-3-1-2-5-12-8/h1-6H,7H2,(H,13,15)(H,16,17). The summed E-state index contributed by atoms with van der Waals surface area (Å²) in [6, 6.07) is 6.91. The molecule has 0 saturated heterocycles. The zero-order valence-corrected chi connectivity index (χ0v) is 8.87. The summed E-state index contributed by atoms with van der Waals surface area (Å²) in [7, 11) is 0. The first-order valence-electron chi connectivity index (χ1n) is 4.96. The molecule has 0 fully saturated rings. The fraction of sp³-hybridized carbons (Fsp3) is 0.0909. The quantitative estimate of drug-likeness (QED) is 0.820. The van der Waals surface area contributed by atoms with Gasteiger partial charge >= 0.3 is 5.97 Å². The molecular weight excluding hydrogens is 220 g/mol. The lowest BCUT2D eigenvalue weighted by Gasteiger charge is -2.06. The fourth-order valence-electron chi connectivity index (χ4n) is 1.31. The number of hydrogen-bond donors (Lipinski definition) is 2. The highest BCUT2D eigenvalue weighted by molar-refractivity contribution is 5.92. The molecule has 2 N–H and O–H groups in total. The Morgan fingerprint density at radius 3 is 2.88 bits per heavy atom. The Bertz CT molecular complexity index is 516. The minimum atomic E-state index is -1.04. The first-order valence-corrected chi connectivity index (χ1v) is 4.96. The van der Waals surface area contributed by atoms with Gasteiger partial charge in [-0.1, -0.05) is 6.07 Å². The molecule has 2 aromatic rings. The number of aromatic nitrogens is 3. The van der Waals surface area contributed by atoms with Crippen molar-refractivity contribution in [3.05, 3.63) is 47.9 Å². The normalized spacial score (nSPS) is 9.88. The van der Waals surface area contributed by atoms with E-state index in [1.165, 1.54) is 12.3 Å². The maximum Gasteiger partial charge on any atom is 0.339 e. The maximum absolute atomic E-state index is 10.9. The van der Waals surface area contributed by atoms with E-state index in [1.807, 2.05) is 18.2 Å². The predicted molar refractivity (Wildman–Crippen MR) is 60.6 cm³/mol. The van der Waals surface area contributed by atoms with E-state index in [2.05, 4.69) is 20.5 Å². The molecule has 0 spiro atoms. The second kappa shape index (κ2) is 5.02. The van der Waals surface area contributed by atoms with Gasteiger partial charge in [0.2, 0.25) is 0 Å². The summed E-state index contributed by atoms with van der Waals surface area (Å²) in [5.74, 6) is -0.797. The number of pyridine rings is 1. The molecule has 0 radical (unpaired) electrons. The average molecular weight is 230 g/mol. The number of carbonyl (C=O) groups is 1. The Morgan fingerprint density at radius 1 is 1.29 bits per heavy atom. The zero-order valence-electron chi connectivity index (χ0n) is 8.87. The molecule has 2 aromatic heterocycles. The van der Waals surface area contributed by atoms with Crippen molar-refractivity contribution in [3.63, 3.8) is 0 Å². The molecule has 0 aliphatic rings. The zero-order chi connectivity index (χ0) is 12.1. The highest BCUT2D eigenvalue weighted by Crippen LogP contribution is 2.10. The molecule has 0 atom stereocenters. The summed E-state index contributed by atoms with van der Waals surface area (Å²) in [6.45, 7) is 0.403. The second-order valence-electron chi connectivity index (χ2n) is 3.27. The monoisotopic (exact) mass is 230 g/mol. The molecule has 86 valence electrons. The van der Waals surface area contributed by atoms with Gasteiger partial charge in [-0.2, -0.15) is 5.10 Å². The lowest BCUT2D eigenvalue weighted by Crippen LogP contribution is -2.09. The van der Waals surface area contributed by atoms with Gasteiger partial charge in [-0.25, -0.2) is 4.79 Å². The maximum atomic E-state index is 10.9. The van der Waals surface area contributed by atoms with Gasteiger partial charge < -0.3 is 10.4 Å². The third-order valence-electron chi connectivity index (χ3n) is 2.11. The van der Waals surface area contributed by atoms with Crippen molar-refractivity contribution in [2.75, 3.05) is 5.32 Å². The number of nitrogens with one attached hydrogen (secondary N) is 1. The molecule has 6 heteroatoms. The van der Waals surface area contributed by atoms with Crippen molar-refractivity contribution in [1.29, 1.82) is 0 Å². The van der Waals surface area contributed by atoms with Crippen molar-refractivity contribution in [3.8, 4) is 0 Å². The predicted octanol–water partition coefficient (Wildman–Crippen LogP) is 1.18. The van der Waals surface area contributed by atoms with Crippen LogP contribution in [0.1, 0.15) is 16.1 Å². The van der Waals surface area contributed by atoms with Crippen molar-refractivity contribution < 1.29 is 9.90 Å². The van der Waals surface area contributed by atoms with Gasteiger partial charge in [0, 0.05) is 6.20 Å². The minimum Gasteiger partial charge on any atom is -0.478 e. The van der Waals surface area contributed by atoms with Crippen LogP contribution in [0.2, 0.25) is 0 Å². The summed E-state index contributed by atoms with van der Waals surface area (Å²) in [5, 5.41) is 19.2. The number of hydrogen-bond acceptors (Lipinski definition) is 5. The summed E-state index contributed by atoms with van der Waals surface area (Å²) in [5.41, 5.74) is 0.894. The van der Waals surface area contributed by atoms with E-state index in [9.17, 15) is 4.79 Å². The van der Waals surface area contributed by atoms with Crippen LogP contribution in [0.15, 0.2) is 36.7 Å². The largest absolute Gasteiger partial charge is 0.478 e. The van der Waals surface area contributed by atoms with Crippen LogP contribution in [0.4, 0.5) is 5.82 Å². The van der Waals surface area contributed by atoms with E-state index in [-0.39, 0.29) is 11.4 Å². The van der Waals surface area contributed by atoms with E-state index in [0.717, 1.165) is 5.69 Å². The Balaban J connectivity index is 2.12. The molecule has 17 heavy (non-hydrogen) atoms. The Labute approximate surface area is 97.4 Å². The van der Waals surface area contributed by atoms with Crippen LogP contribution < -0.4 is 5.32 Å². The van der Waals surface area contributed by atoms with Gasteiger partial charge in [0.1, 0.15) is 5.56 Å². The molecule has 2 rings (SSSR count). The molecule has 0 saturated carbocycles. The Kier molecular flexibility index (Phi) is 3.25. The average Bonchev–Trinajstić information content (AvgIpc) is 2.38. The Morgan fingerprint density at radius 2 is 2.18 bits per heavy atom. The number of rotatable bonds is 4. The van der Waals surface area contributed by atoms with Gasteiger partial charge in [0.05, 0.1) is 18.4 Å². The minimum absolute atomic E-state index is 0.0935. The highest BCUT2D eigenvalue weighted by Gasteiger charge is 2.10. The number of aromatic carboxylic acids is 1. The van der Waals surface area contributed by atoms with Crippen LogP contribution in [0.5, 0.6) is 0 Å². The summed E-state index contributed by atoms with van der Waals surface area (Å²) in [4.78, 5) is 15.0. The summed E-state index contributed by atoms with van der Waals surface area (Å²) >= 11 is 0. The van der Waals surface area contributed by atoms with Gasteiger partial charge in [-0.15, -0.1) is 5.10 Å². The van der Waals surface area contributed by atoms with Crippen molar-refractivity contribution in [2.45, 2.75) is 6.54 Å². The topological polar surface area (TPSA) is 88.0 Å². The van der Waals surface area contributed by atoms with Crippen molar-refractivity contribution in [2.24, 2.45) is 0 Å². The van der Waals surface area contributed by atoms with E-state index < -0.39 is 5.97 Å². The fourth-order valence-corrected chi connectivity index (χ4v) is 1.31. The first kappa shape index (κ1) is 11.0. The second-order valence-corrected chi connectivity index (χ2v) is 3.27. The smallest absolute Gasteiger partial charge is 0.339 e. The first-order chi connectivity index (χ1) is 8.27. The molecule has 0 amide bonds. The molecule has 2 heterocycles. The van der Waals surface area contributed by atoms with Crippen LogP contribution in [-0.2, 0) is 6.54 Å². The number of nitrogens with zero attached hydrogens (tertiary/aromatic N) is 3. The van der Waals surface area contributed by atoms with E-state index in [4.69, 9.17) is 5.11 Å². The van der Waals surface area contributed by atoms with Crippen molar-refractivity contribution in [1.82, 2.24) is 15.2 Å². The number of carboxylic acid groups (broad SMARTS) is 1. The van der Waals surface area contributed by atoms with Gasteiger partial charge in [-0.05, 0) is 18.2 Å². The molecule has 0 aliphatic carbocycles. The molecule has 0 aromatic carbocycles. The highest BCUT2D eigenvalue weighted by atomic mass is 16.4. The number of anilines is 1. The molecule has 0 aliphatic heterocycles. The van der Waals surface area contributed by atoms with Crippen LogP contribution in [-0.4, -0.2) is 26.3 Å². The molecular formula is C11H10N4O2. The van der Waals surface area contributed by atoms with Crippen molar-refractivity contribution >= 4 is 11.8 Å². The lowest BCUT2D eigenvalue weighted by atomic mass is 10.3.